The number of nitrogens with zero attached hydrogens (tertiary/aromatic N) is 2. The third-order valence-corrected chi connectivity index (χ3v) is 5.10. The number of amides is 1. The van der Waals surface area contributed by atoms with Crippen molar-refractivity contribution in [1.82, 2.24) is 10.3 Å². The zero-order valence-corrected chi connectivity index (χ0v) is 13.9. The van der Waals surface area contributed by atoms with Crippen LogP contribution in [-0.2, 0) is 6.42 Å². The lowest BCUT2D eigenvalue weighted by Crippen LogP contribution is -2.33. The minimum Gasteiger partial charge on any atom is -0.349 e. The average Bonchev–Trinajstić information content (AvgIpc) is 3.14. The molecular formula is C20H23N3O. The van der Waals surface area contributed by atoms with Gasteiger partial charge in [-0.15, -0.1) is 0 Å². The predicted octanol–water partition coefficient (Wildman–Crippen LogP) is 3.84. The lowest BCUT2D eigenvalue weighted by Gasteiger charge is -2.31. The summed E-state index contributed by atoms with van der Waals surface area (Å²) in [6, 6.07) is 10.8. The molecule has 4 nitrogen and oxygen atoms in total. The first-order valence-electron chi connectivity index (χ1n) is 8.92. The molecule has 0 spiro atoms. The smallest absolute Gasteiger partial charge is 0.253 e. The first-order valence-corrected chi connectivity index (χ1v) is 8.92. The van der Waals surface area contributed by atoms with Gasteiger partial charge in [-0.05, 0) is 43.4 Å². The Morgan fingerprint density at radius 1 is 1.12 bits per heavy atom. The standard InChI is InChI=1S/C20H23N3O/c24-20(22-17-8-2-3-9-17)16-12-18(14-21-13-16)23-11-5-7-15-6-1-4-10-19(15)23/h1,4,6,10,12-14,17H,2-3,5,7-9,11H2,(H,22,24). The molecule has 2 heterocycles. The molecule has 4 rings (SSSR count). The van der Waals surface area contributed by atoms with E-state index in [4.69, 9.17) is 0 Å². The number of carbonyl (C=O) groups excluding carboxylic acids is 1. The molecule has 0 atom stereocenters. The Hall–Kier alpha value is -2.36. The molecule has 1 aromatic carbocycles. The third kappa shape index (κ3) is 3.01. The molecule has 2 aliphatic rings. The van der Waals surface area contributed by atoms with E-state index in [-0.39, 0.29) is 5.91 Å². The molecule has 1 amide bonds. The molecule has 2 aromatic rings. The van der Waals surface area contributed by atoms with Gasteiger partial charge >= 0.3 is 0 Å². The summed E-state index contributed by atoms with van der Waals surface area (Å²) in [6.07, 6.45) is 10.4. The van der Waals surface area contributed by atoms with E-state index in [0.29, 0.717) is 11.6 Å². The number of para-hydroxylation sites is 1. The second-order valence-corrected chi connectivity index (χ2v) is 6.77. The summed E-state index contributed by atoms with van der Waals surface area (Å²) in [4.78, 5) is 19.1. The Bertz CT molecular complexity index is 737. The molecule has 1 aliphatic heterocycles. The summed E-state index contributed by atoms with van der Waals surface area (Å²) in [5.74, 6) is 0.00143. The Morgan fingerprint density at radius 3 is 2.83 bits per heavy atom. The van der Waals surface area contributed by atoms with Crippen LogP contribution in [0.4, 0.5) is 11.4 Å². The van der Waals surface area contributed by atoms with Gasteiger partial charge in [0.05, 0.1) is 17.4 Å². The minimum absolute atomic E-state index is 0.00143. The van der Waals surface area contributed by atoms with Crippen LogP contribution in [0.2, 0.25) is 0 Å². The van der Waals surface area contributed by atoms with Crippen LogP contribution in [0.5, 0.6) is 0 Å². The van der Waals surface area contributed by atoms with Crippen molar-refractivity contribution in [3.05, 3.63) is 53.9 Å². The average molecular weight is 321 g/mol. The number of hydrogen-bond acceptors (Lipinski definition) is 3. The summed E-state index contributed by atoms with van der Waals surface area (Å²) in [5.41, 5.74) is 4.26. The van der Waals surface area contributed by atoms with Gasteiger partial charge < -0.3 is 10.2 Å². The third-order valence-electron chi connectivity index (χ3n) is 5.10. The number of hydrogen-bond donors (Lipinski definition) is 1. The molecule has 1 saturated carbocycles. The van der Waals surface area contributed by atoms with Crippen LogP contribution in [0.15, 0.2) is 42.7 Å². The molecular weight excluding hydrogens is 298 g/mol. The molecule has 1 fully saturated rings. The van der Waals surface area contributed by atoms with Crippen LogP contribution < -0.4 is 10.2 Å². The minimum atomic E-state index is 0.00143. The van der Waals surface area contributed by atoms with Crippen molar-refractivity contribution in [2.24, 2.45) is 0 Å². The molecule has 0 saturated heterocycles. The molecule has 1 N–H and O–H groups in total. The molecule has 0 unspecified atom stereocenters. The fourth-order valence-corrected chi connectivity index (χ4v) is 3.84. The Morgan fingerprint density at radius 2 is 1.96 bits per heavy atom. The maximum absolute atomic E-state index is 12.5. The van der Waals surface area contributed by atoms with Gasteiger partial charge in [-0.3, -0.25) is 9.78 Å². The van der Waals surface area contributed by atoms with Crippen LogP contribution in [0.1, 0.15) is 48.0 Å². The number of aromatic nitrogens is 1. The first kappa shape index (κ1) is 15.2. The number of carbonyl (C=O) groups is 1. The normalized spacial score (nSPS) is 17.6. The second kappa shape index (κ2) is 6.63. The molecule has 0 radical (unpaired) electrons. The topological polar surface area (TPSA) is 45.2 Å². The van der Waals surface area contributed by atoms with E-state index >= 15 is 0 Å². The lowest BCUT2D eigenvalue weighted by molar-refractivity contribution is 0.0937. The van der Waals surface area contributed by atoms with E-state index in [1.54, 1.807) is 6.20 Å². The van der Waals surface area contributed by atoms with Crippen LogP contribution >= 0.6 is 0 Å². The van der Waals surface area contributed by atoms with Gasteiger partial charge in [-0.25, -0.2) is 0 Å². The van der Waals surface area contributed by atoms with Gasteiger partial charge in [-0.2, -0.15) is 0 Å². The van der Waals surface area contributed by atoms with E-state index in [2.05, 4.69) is 39.5 Å². The van der Waals surface area contributed by atoms with Crippen molar-refractivity contribution in [2.75, 3.05) is 11.4 Å². The summed E-state index contributed by atoms with van der Waals surface area (Å²) in [5, 5.41) is 3.15. The van der Waals surface area contributed by atoms with Crippen molar-refractivity contribution in [3.63, 3.8) is 0 Å². The van der Waals surface area contributed by atoms with Crippen LogP contribution in [0.3, 0.4) is 0 Å². The van der Waals surface area contributed by atoms with E-state index in [0.717, 1.165) is 37.9 Å². The number of aryl methyl sites for hydroxylation is 1. The summed E-state index contributed by atoms with van der Waals surface area (Å²) in [6.45, 7) is 0.965. The van der Waals surface area contributed by atoms with Gasteiger partial charge in [-0.1, -0.05) is 31.0 Å². The maximum Gasteiger partial charge on any atom is 0.253 e. The van der Waals surface area contributed by atoms with E-state index < -0.39 is 0 Å². The van der Waals surface area contributed by atoms with Crippen LogP contribution in [0, 0.1) is 0 Å². The molecule has 1 aromatic heterocycles. The second-order valence-electron chi connectivity index (χ2n) is 6.77. The van der Waals surface area contributed by atoms with Crippen molar-refractivity contribution < 1.29 is 4.79 Å². The molecule has 4 heteroatoms. The number of benzene rings is 1. The number of anilines is 2. The maximum atomic E-state index is 12.5. The highest BCUT2D eigenvalue weighted by Gasteiger charge is 2.21. The summed E-state index contributed by atoms with van der Waals surface area (Å²) < 4.78 is 0. The summed E-state index contributed by atoms with van der Waals surface area (Å²) >= 11 is 0. The van der Waals surface area contributed by atoms with Crippen LogP contribution in [-0.4, -0.2) is 23.5 Å². The molecule has 24 heavy (non-hydrogen) atoms. The number of fused-ring (bicyclic) bond motifs is 1. The van der Waals surface area contributed by atoms with Crippen molar-refractivity contribution >= 4 is 17.3 Å². The van der Waals surface area contributed by atoms with E-state index in [1.165, 1.54) is 24.1 Å². The highest BCUT2D eigenvalue weighted by Crippen LogP contribution is 2.33. The Labute approximate surface area is 142 Å². The number of pyridine rings is 1. The highest BCUT2D eigenvalue weighted by atomic mass is 16.1. The first-order chi connectivity index (χ1) is 11.8. The fourth-order valence-electron chi connectivity index (χ4n) is 3.84. The fraction of sp³-hybridized carbons (Fsp3) is 0.400. The van der Waals surface area contributed by atoms with Crippen molar-refractivity contribution in [3.8, 4) is 0 Å². The van der Waals surface area contributed by atoms with Crippen LogP contribution in [0.25, 0.3) is 0 Å². The van der Waals surface area contributed by atoms with Gasteiger partial charge in [0, 0.05) is 24.5 Å². The van der Waals surface area contributed by atoms with Gasteiger partial charge in [0.15, 0.2) is 0 Å². The zero-order chi connectivity index (χ0) is 16.4. The van der Waals surface area contributed by atoms with Gasteiger partial charge in [0.2, 0.25) is 0 Å². The van der Waals surface area contributed by atoms with E-state index in [9.17, 15) is 4.79 Å². The Balaban J connectivity index is 1.58. The SMILES string of the molecule is O=C(NC1CCCC1)c1cncc(N2CCCc3ccccc32)c1. The van der Waals surface area contributed by atoms with Gasteiger partial charge in [0.25, 0.3) is 5.91 Å². The Kier molecular flexibility index (Phi) is 4.20. The van der Waals surface area contributed by atoms with Crippen molar-refractivity contribution in [2.45, 2.75) is 44.6 Å². The van der Waals surface area contributed by atoms with Gasteiger partial charge in [0.1, 0.15) is 0 Å². The predicted molar refractivity (Wildman–Crippen MR) is 95.7 cm³/mol. The molecule has 0 bridgehead atoms. The quantitative estimate of drug-likeness (QED) is 0.934. The monoisotopic (exact) mass is 321 g/mol. The zero-order valence-electron chi connectivity index (χ0n) is 13.9. The largest absolute Gasteiger partial charge is 0.349 e. The molecule has 1 aliphatic carbocycles. The van der Waals surface area contributed by atoms with E-state index in [1.807, 2.05) is 12.3 Å². The molecule has 124 valence electrons. The number of rotatable bonds is 3. The number of nitrogens with one attached hydrogen (secondary N) is 1. The lowest BCUT2D eigenvalue weighted by atomic mass is 10.0. The highest BCUT2D eigenvalue weighted by molar-refractivity contribution is 5.95. The summed E-state index contributed by atoms with van der Waals surface area (Å²) in [7, 11) is 0. The van der Waals surface area contributed by atoms with Crippen molar-refractivity contribution in [1.29, 1.82) is 0 Å².